The number of anilines is 3. The van der Waals surface area contributed by atoms with Gasteiger partial charge in [-0.2, -0.15) is 0 Å². The van der Waals surface area contributed by atoms with E-state index in [1.165, 1.54) is 24.5 Å². The van der Waals surface area contributed by atoms with Crippen LogP contribution in [-0.2, 0) is 6.54 Å². The molecule has 0 amide bonds. The molecule has 1 heterocycles. The van der Waals surface area contributed by atoms with Crippen molar-refractivity contribution in [3.63, 3.8) is 0 Å². The number of rotatable bonds is 5. The molecule has 24 heavy (non-hydrogen) atoms. The maximum absolute atomic E-state index is 13.6. The third-order valence-corrected chi connectivity index (χ3v) is 3.25. The number of hydrogen-bond acceptors (Lipinski definition) is 4. The fraction of sp³-hybridized carbons (Fsp3) is 0.0588. The molecule has 3 aromatic rings. The first-order valence-corrected chi connectivity index (χ1v) is 7.12. The van der Waals surface area contributed by atoms with Crippen molar-refractivity contribution >= 4 is 17.3 Å². The van der Waals surface area contributed by atoms with Crippen molar-refractivity contribution in [3.05, 3.63) is 77.9 Å². The third kappa shape index (κ3) is 4.01. The second-order valence-electron chi connectivity index (χ2n) is 5.02. The zero-order valence-corrected chi connectivity index (χ0v) is 12.4. The molecular formula is C17H13F3N4. The van der Waals surface area contributed by atoms with Gasteiger partial charge in [0.2, 0.25) is 0 Å². The van der Waals surface area contributed by atoms with E-state index in [0.29, 0.717) is 18.2 Å². The first-order chi connectivity index (χ1) is 11.6. The van der Waals surface area contributed by atoms with Crippen LogP contribution in [0, 0.1) is 17.5 Å². The molecule has 0 fully saturated rings. The Balaban J connectivity index is 1.68. The van der Waals surface area contributed by atoms with E-state index in [0.717, 1.165) is 17.7 Å². The maximum atomic E-state index is 13.6. The molecule has 122 valence electrons. The van der Waals surface area contributed by atoms with Crippen LogP contribution in [0.2, 0.25) is 0 Å². The summed E-state index contributed by atoms with van der Waals surface area (Å²) < 4.78 is 39.4. The van der Waals surface area contributed by atoms with E-state index in [-0.39, 0.29) is 11.5 Å². The largest absolute Gasteiger partial charge is 0.366 e. The Morgan fingerprint density at radius 2 is 1.50 bits per heavy atom. The highest BCUT2D eigenvalue weighted by Crippen LogP contribution is 2.20. The third-order valence-electron chi connectivity index (χ3n) is 3.25. The number of benzene rings is 2. The van der Waals surface area contributed by atoms with E-state index < -0.39 is 11.6 Å². The second-order valence-corrected chi connectivity index (χ2v) is 5.02. The van der Waals surface area contributed by atoms with Crippen LogP contribution in [0.25, 0.3) is 0 Å². The highest BCUT2D eigenvalue weighted by atomic mass is 19.1. The predicted molar refractivity (Wildman–Crippen MR) is 85.4 cm³/mol. The first kappa shape index (κ1) is 15.8. The second kappa shape index (κ2) is 6.99. The number of hydrogen-bond donors (Lipinski definition) is 2. The first-order valence-electron chi connectivity index (χ1n) is 7.12. The fourth-order valence-electron chi connectivity index (χ4n) is 2.05. The zero-order valence-electron chi connectivity index (χ0n) is 12.4. The minimum atomic E-state index is -0.713. The van der Waals surface area contributed by atoms with Crippen LogP contribution < -0.4 is 10.6 Å². The number of halogens is 3. The molecule has 7 heteroatoms. The summed E-state index contributed by atoms with van der Waals surface area (Å²) in [5.41, 5.74) is 0.994. The Kier molecular flexibility index (Phi) is 4.60. The molecule has 0 atom stereocenters. The smallest absolute Gasteiger partial charge is 0.149 e. The molecule has 0 aliphatic heterocycles. The molecule has 0 bridgehead atoms. The van der Waals surface area contributed by atoms with Crippen molar-refractivity contribution in [3.8, 4) is 0 Å². The lowest BCUT2D eigenvalue weighted by atomic mass is 10.2. The SMILES string of the molecule is Fc1ccc(CNc2cc(Nc3ccc(F)cc3F)ncn2)cc1. The van der Waals surface area contributed by atoms with Gasteiger partial charge in [-0.15, -0.1) is 0 Å². The van der Waals surface area contributed by atoms with Gasteiger partial charge in [0, 0.05) is 18.7 Å². The minimum absolute atomic E-state index is 0.111. The summed E-state index contributed by atoms with van der Waals surface area (Å²) in [5.74, 6) is -0.790. The quantitative estimate of drug-likeness (QED) is 0.734. The number of aromatic nitrogens is 2. The molecule has 0 radical (unpaired) electrons. The number of nitrogens with one attached hydrogen (secondary N) is 2. The molecule has 0 aliphatic rings. The summed E-state index contributed by atoms with van der Waals surface area (Å²) in [6, 6.07) is 10.9. The molecule has 4 nitrogen and oxygen atoms in total. The average molecular weight is 330 g/mol. The van der Waals surface area contributed by atoms with Crippen molar-refractivity contribution in [1.82, 2.24) is 9.97 Å². The van der Waals surface area contributed by atoms with Gasteiger partial charge >= 0.3 is 0 Å². The van der Waals surface area contributed by atoms with Crippen LogP contribution in [0.3, 0.4) is 0 Å². The van der Waals surface area contributed by atoms with Gasteiger partial charge in [-0.05, 0) is 29.8 Å². The highest BCUT2D eigenvalue weighted by molar-refractivity contribution is 5.59. The summed E-state index contributed by atoms with van der Waals surface area (Å²) in [4.78, 5) is 8.05. The Hall–Kier alpha value is -3.09. The van der Waals surface area contributed by atoms with Gasteiger partial charge in [0.05, 0.1) is 5.69 Å². The molecule has 1 aromatic heterocycles. The van der Waals surface area contributed by atoms with Gasteiger partial charge in [-0.25, -0.2) is 23.1 Å². The molecule has 0 aliphatic carbocycles. The van der Waals surface area contributed by atoms with Crippen LogP contribution in [0.1, 0.15) is 5.56 Å². The van der Waals surface area contributed by atoms with Crippen LogP contribution in [-0.4, -0.2) is 9.97 Å². The van der Waals surface area contributed by atoms with Gasteiger partial charge in [0.1, 0.15) is 35.4 Å². The summed E-state index contributed by atoms with van der Waals surface area (Å²) in [6.45, 7) is 0.446. The predicted octanol–water partition coefficient (Wildman–Crippen LogP) is 4.25. The Morgan fingerprint density at radius 3 is 2.25 bits per heavy atom. The highest BCUT2D eigenvalue weighted by Gasteiger charge is 2.06. The van der Waals surface area contributed by atoms with Crippen molar-refractivity contribution < 1.29 is 13.2 Å². The fourth-order valence-corrected chi connectivity index (χ4v) is 2.05. The number of nitrogens with zero attached hydrogens (tertiary/aromatic N) is 2. The summed E-state index contributed by atoms with van der Waals surface area (Å²) in [7, 11) is 0. The van der Waals surface area contributed by atoms with E-state index in [4.69, 9.17) is 0 Å². The van der Waals surface area contributed by atoms with E-state index in [9.17, 15) is 13.2 Å². The van der Waals surface area contributed by atoms with E-state index in [2.05, 4.69) is 20.6 Å². The maximum Gasteiger partial charge on any atom is 0.149 e. The topological polar surface area (TPSA) is 49.8 Å². The standard InChI is InChI=1S/C17H13F3N4/c18-12-3-1-11(2-4-12)9-21-16-8-17(23-10-22-16)24-15-6-5-13(19)7-14(15)20/h1-8,10H,9H2,(H2,21,22,23,24). The molecule has 2 N–H and O–H groups in total. The van der Waals surface area contributed by atoms with Gasteiger partial charge in [0.15, 0.2) is 0 Å². The lowest BCUT2D eigenvalue weighted by Gasteiger charge is -2.09. The van der Waals surface area contributed by atoms with Gasteiger partial charge < -0.3 is 10.6 Å². The summed E-state index contributed by atoms with van der Waals surface area (Å²) in [6.07, 6.45) is 1.32. The van der Waals surface area contributed by atoms with Crippen LogP contribution in [0.5, 0.6) is 0 Å². The summed E-state index contributed by atoms with van der Waals surface area (Å²) in [5, 5.41) is 5.83. The van der Waals surface area contributed by atoms with E-state index in [1.54, 1.807) is 18.2 Å². The van der Waals surface area contributed by atoms with E-state index >= 15 is 0 Å². The Bertz CT molecular complexity index is 837. The minimum Gasteiger partial charge on any atom is -0.366 e. The Labute approximate surface area is 136 Å². The molecule has 0 saturated heterocycles. The zero-order chi connectivity index (χ0) is 16.9. The van der Waals surface area contributed by atoms with Gasteiger partial charge in [-0.3, -0.25) is 0 Å². The van der Waals surface area contributed by atoms with E-state index in [1.807, 2.05) is 0 Å². The van der Waals surface area contributed by atoms with Crippen molar-refractivity contribution in [2.75, 3.05) is 10.6 Å². The van der Waals surface area contributed by atoms with Crippen LogP contribution in [0.4, 0.5) is 30.5 Å². The summed E-state index contributed by atoms with van der Waals surface area (Å²) >= 11 is 0. The normalized spacial score (nSPS) is 10.5. The van der Waals surface area contributed by atoms with Gasteiger partial charge in [0.25, 0.3) is 0 Å². The molecule has 2 aromatic carbocycles. The average Bonchev–Trinajstić information content (AvgIpc) is 2.57. The van der Waals surface area contributed by atoms with Crippen molar-refractivity contribution in [2.24, 2.45) is 0 Å². The molecule has 0 spiro atoms. The lowest BCUT2D eigenvalue weighted by molar-refractivity contribution is 0.586. The van der Waals surface area contributed by atoms with Crippen LogP contribution >= 0.6 is 0 Å². The van der Waals surface area contributed by atoms with Gasteiger partial charge in [-0.1, -0.05) is 12.1 Å². The molecule has 0 unspecified atom stereocenters. The lowest BCUT2D eigenvalue weighted by Crippen LogP contribution is -2.03. The molecule has 0 saturated carbocycles. The van der Waals surface area contributed by atoms with Crippen LogP contribution in [0.15, 0.2) is 54.9 Å². The van der Waals surface area contributed by atoms with Crippen molar-refractivity contribution in [2.45, 2.75) is 6.54 Å². The molecular weight excluding hydrogens is 317 g/mol. The monoisotopic (exact) mass is 330 g/mol. The van der Waals surface area contributed by atoms with Crippen molar-refractivity contribution in [1.29, 1.82) is 0 Å². The Morgan fingerprint density at radius 1 is 0.792 bits per heavy atom. The molecule has 3 rings (SSSR count).